The number of nitrogens with one attached hydrogen (secondary N) is 2. The van der Waals surface area contributed by atoms with Gasteiger partial charge in [-0.1, -0.05) is 6.07 Å². The highest BCUT2D eigenvalue weighted by Gasteiger charge is 2.37. The maximum Gasteiger partial charge on any atom is 0.335 e. The van der Waals surface area contributed by atoms with Crippen LogP contribution in [-0.2, 0) is 14.4 Å². The highest BCUT2D eigenvalue weighted by molar-refractivity contribution is 14.1. The van der Waals surface area contributed by atoms with Gasteiger partial charge in [0.2, 0.25) is 0 Å². The average molecular weight is 683 g/mol. The third-order valence-corrected chi connectivity index (χ3v) is 7.09. The smallest absolute Gasteiger partial charge is 0.335 e. The van der Waals surface area contributed by atoms with Crippen LogP contribution in [0.4, 0.5) is 16.2 Å². The summed E-state index contributed by atoms with van der Waals surface area (Å²) in [5, 5.41) is 5.04. The van der Waals surface area contributed by atoms with Gasteiger partial charge in [0.05, 0.1) is 22.5 Å². The van der Waals surface area contributed by atoms with E-state index in [1.54, 1.807) is 43.3 Å². The molecule has 1 heterocycles. The Morgan fingerprint density at radius 3 is 2.31 bits per heavy atom. The quantitative estimate of drug-likeness (QED) is 0.167. The van der Waals surface area contributed by atoms with E-state index in [0.717, 1.165) is 16.0 Å². The summed E-state index contributed by atoms with van der Waals surface area (Å²) in [6, 6.07) is 14.5. The number of amides is 5. The van der Waals surface area contributed by atoms with Crippen LogP contribution < -0.4 is 29.7 Å². The Morgan fingerprint density at radius 1 is 0.929 bits per heavy atom. The summed E-state index contributed by atoms with van der Waals surface area (Å²) in [5.74, 6) is -0.668. The summed E-state index contributed by atoms with van der Waals surface area (Å²) in [5.41, 5.74) is 3.37. The minimum atomic E-state index is -0.848. The van der Waals surface area contributed by atoms with Crippen molar-refractivity contribution in [3.8, 4) is 17.2 Å². The van der Waals surface area contributed by atoms with Gasteiger partial charge in [0.1, 0.15) is 11.3 Å². The highest BCUT2D eigenvalue weighted by Crippen LogP contribution is 2.35. The number of aryl methyl sites for hydroxylation is 2. The molecule has 3 aromatic rings. The first-order valence-corrected chi connectivity index (χ1v) is 14.3. The molecule has 1 fully saturated rings. The molecular formula is C31H30IN3O7. The summed E-state index contributed by atoms with van der Waals surface area (Å²) in [6.45, 7) is 8.12. The zero-order valence-electron chi connectivity index (χ0n) is 23.6. The van der Waals surface area contributed by atoms with E-state index >= 15 is 0 Å². The number of urea groups is 1. The maximum atomic E-state index is 13.3. The lowest BCUT2D eigenvalue weighted by Gasteiger charge is -2.26. The van der Waals surface area contributed by atoms with Crippen LogP contribution in [0.3, 0.4) is 0 Å². The fourth-order valence-corrected chi connectivity index (χ4v) is 4.93. The summed E-state index contributed by atoms with van der Waals surface area (Å²) >= 11 is 2.03. The van der Waals surface area contributed by atoms with Crippen molar-refractivity contribution < 1.29 is 33.4 Å². The molecule has 2 N–H and O–H groups in total. The lowest BCUT2D eigenvalue weighted by atomic mass is 10.1. The second-order valence-corrected chi connectivity index (χ2v) is 10.4. The van der Waals surface area contributed by atoms with E-state index in [9.17, 15) is 19.2 Å². The van der Waals surface area contributed by atoms with Gasteiger partial charge in [-0.3, -0.25) is 19.7 Å². The number of rotatable bonds is 10. The number of imide groups is 2. The minimum Gasteiger partial charge on any atom is -0.494 e. The van der Waals surface area contributed by atoms with Crippen molar-refractivity contribution in [2.24, 2.45) is 0 Å². The van der Waals surface area contributed by atoms with Gasteiger partial charge in [-0.15, -0.1) is 0 Å². The Kier molecular flexibility index (Phi) is 9.84. The summed E-state index contributed by atoms with van der Waals surface area (Å²) in [4.78, 5) is 52.1. The Labute approximate surface area is 257 Å². The third kappa shape index (κ3) is 7.08. The topological polar surface area (TPSA) is 123 Å². The van der Waals surface area contributed by atoms with Gasteiger partial charge in [0, 0.05) is 5.69 Å². The van der Waals surface area contributed by atoms with E-state index in [1.807, 2.05) is 61.6 Å². The van der Waals surface area contributed by atoms with Gasteiger partial charge >= 0.3 is 6.03 Å². The first-order chi connectivity index (χ1) is 20.1. The lowest BCUT2D eigenvalue weighted by molar-refractivity contribution is -0.122. The van der Waals surface area contributed by atoms with Gasteiger partial charge in [-0.25, -0.2) is 9.69 Å². The van der Waals surface area contributed by atoms with E-state index in [-0.39, 0.29) is 23.8 Å². The van der Waals surface area contributed by atoms with Gasteiger partial charge in [0.25, 0.3) is 17.7 Å². The molecule has 0 bridgehead atoms. The summed E-state index contributed by atoms with van der Waals surface area (Å²) in [6.07, 6.45) is 1.38. The normalized spacial score (nSPS) is 14.1. The lowest BCUT2D eigenvalue weighted by Crippen LogP contribution is -2.54. The van der Waals surface area contributed by atoms with Crippen LogP contribution in [0.25, 0.3) is 6.08 Å². The Bertz CT molecular complexity index is 1570. The van der Waals surface area contributed by atoms with Gasteiger partial charge < -0.3 is 19.5 Å². The van der Waals surface area contributed by atoms with E-state index in [1.165, 1.54) is 6.08 Å². The number of anilines is 2. The van der Waals surface area contributed by atoms with Crippen molar-refractivity contribution in [2.45, 2.75) is 27.7 Å². The molecule has 11 heteroatoms. The zero-order chi connectivity index (χ0) is 30.4. The third-order valence-electron chi connectivity index (χ3n) is 6.29. The molecule has 1 aliphatic heterocycles. The van der Waals surface area contributed by atoms with Crippen LogP contribution in [0.15, 0.2) is 60.2 Å². The molecule has 1 aliphatic rings. The summed E-state index contributed by atoms with van der Waals surface area (Å²) in [7, 11) is 0. The van der Waals surface area contributed by atoms with Crippen LogP contribution in [0, 0.1) is 17.4 Å². The molecule has 218 valence electrons. The van der Waals surface area contributed by atoms with E-state index < -0.39 is 17.8 Å². The van der Waals surface area contributed by atoms with Crippen molar-refractivity contribution in [2.75, 3.05) is 30.0 Å². The molecule has 0 atom stereocenters. The monoisotopic (exact) mass is 683 g/mol. The molecule has 1 saturated heterocycles. The van der Waals surface area contributed by atoms with Crippen LogP contribution in [-0.4, -0.2) is 43.6 Å². The van der Waals surface area contributed by atoms with Crippen molar-refractivity contribution in [3.63, 3.8) is 0 Å². The number of barbiturate groups is 1. The van der Waals surface area contributed by atoms with Gasteiger partial charge in [0.15, 0.2) is 18.1 Å². The SMILES string of the molecule is CCOc1ccc(N2C(=O)NC(=O)/C(=C\c3cc(I)c(OCC(=O)Nc4ccc(C)c(C)c4)c(OCC)c3)C2=O)cc1. The van der Waals surface area contributed by atoms with Crippen LogP contribution in [0.5, 0.6) is 17.2 Å². The first-order valence-electron chi connectivity index (χ1n) is 13.2. The van der Waals surface area contributed by atoms with E-state index in [4.69, 9.17) is 14.2 Å². The fourth-order valence-electron chi connectivity index (χ4n) is 4.14. The molecule has 0 saturated carbocycles. The van der Waals surface area contributed by atoms with Crippen molar-refractivity contribution in [3.05, 3.63) is 80.4 Å². The molecule has 3 aromatic carbocycles. The predicted octanol–water partition coefficient (Wildman–Crippen LogP) is 5.39. The largest absolute Gasteiger partial charge is 0.494 e. The molecule has 0 radical (unpaired) electrons. The van der Waals surface area contributed by atoms with Crippen LogP contribution >= 0.6 is 22.6 Å². The number of hydrogen-bond donors (Lipinski definition) is 2. The molecule has 0 unspecified atom stereocenters. The molecule has 5 amide bonds. The van der Waals surface area contributed by atoms with Crippen LogP contribution in [0.1, 0.15) is 30.5 Å². The standard InChI is InChI=1S/C31H30IN3O7/c1-5-40-23-11-9-22(10-12-23)35-30(38)24(29(37)34-31(35)39)14-20-15-25(32)28(26(16-20)41-6-2)42-17-27(36)33-21-8-7-18(3)19(4)13-21/h7-16H,5-6,17H2,1-4H3,(H,33,36)(H,34,37,39)/b24-14+. The fraction of sp³-hybridized carbons (Fsp3) is 0.226. The van der Waals surface area contributed by atoms with Gasteiger partial charge in [-0.05, 0) is 122 Å². The van der Waals surface area contributed by atoms with Crippen molar-refractivity contribution in [1.82, 2.24) is 5.32 Å². The predicted molar refractivity (Wildman–Crippen MR) is 167 cm³/mol. The molecule has 42 heavy (non-hydrogen) atoms. The van der Waals surface area contributed by atoms with E-state index in [0.29, 0.717) is 45.3 Å². The molecule has 10 nitrogen and oxygen atoms in total. The van der Waals surface area contributed by atoms with Gasteiger partial charge in [-0.2, -0.15) is 0 Å². The minimum absolute atomic E-state index is 0.233. The number of ether oxygens (including phenoxy) is 3. The molecule has 4 rings (SSSR count). The summed E-state index contributed by atoms with van der Waals surface area (Å²) < 4.78 is 17.6. The van der Waals surface area contributed by atoms with Crippen molar-refractivity contribution in [1.29, 1.82) is 0 Å². The number of hydrogen-bond acceptors (Lipinski definition) is 7. The number of carbonyl (C=O) groups is 4. The molecular weight excluding hydrogens is 653 g/mol. The number of halogens is 1. The molecule has 0 aliphatic carbocycles. The number of benzene rings is 3. The highest BCUT2D eigenvalue weighted by atomic mass is 127. The van der Waals surface area contributed by atoms with E-state index in [2.05, 4.69) is 10.6 Å². The zero-order valence-corrected chi connectivity index (χ0v) is 25.7. The second kappa shape index (κ2) is 13.5. The average Bonchev–Trinajstić information content (AvgIpc) is 2.94. The number of carbonyl (C=O) groups excluding carboxylic acids is 4. The van der Waals surface area contributed by atoms with Crippen LogP contribution in [0.2, 0.25) is 0 Å². The Balaban J connectivity index is 1.56. The first kappa shape index (κ1) is 30.6. The second-order valence-electron chi connectivity index (χ2n) is 9.28. The Morgan fingerprint density at radius 2 is 1.64 bits per heavy atom. The maximum absolute atomic E-state index is 13.3. The Hall–Kier alpha value is -4.39. The molecule has 0 spiro atoms. The molecule has 0 aromatic heterocycles. The van der Waals surface area contributed by atoms with Crippen molar-refractivity contribution >= 4 is 63.8 Å². The number of nitrogens with zero attached hydrogens (tertiary/aromatic N) is 1.